The summed E-state index contributed by atoms with van der Waals surface area (Å²) in [4.78, 5) is 29.1. The normalized spacial score (nSPS) is 14.7. The van der Waals surface area contributed by atoms with Gasteiger partial charge in [-0.3, -0.25) is 20.4 Å². The molecule has 4 rings (SSSR count). The third-order valence-electron chi connectivity index (χ3n) is 5.65. The van der Waals surface area contributed by atoms with Gasteiger partial charge in [-0.05, 0) is 37.3 Å². The van der Waals surface area contributed by atoms with Crippen LogP contribution in [-0.2, 0) is 32.5 Å². The highest BCUT2D eigenvalue weighted by Gasteiger charge is 2.27. The fourth-order valence-electron chi connectivity index (χ4n) is 3.88. The van der Waals surface area contributed by atoms with Gasteiger partial charge in [0.1, 0.15) is 5.82 Å². The molecule has 2 amide bonds. The molecular formula is C23H27N5O5S. The van der Waals surface area contributed by atoms with Crippen molar-refractivity contribution in [3.63, 3.8) is 0 Å². The monoisotopic (exact) mass is 485 g/mol. The van der Waals surface area contributed by atoms with E-state index in [9.17, 15) is 18.0 Å². The maximum absolute atomic E-state index is 13.0. The number of aryl methyl sites for hydroxylation is 2. The third kappa shape index (κ3) is 5.11. The predicted molar refractivity (Wildman–Crippen MR) is 125 cm³/mol. The van der Waals surface area contributed by atoms with Gasteiger partial charge in [-0.1, -0.05) is 18.2 Å². The molecule has 0 spiro atoms. The van der Waals surface area contributed by atoms with E-state index < -0.39 is 15.9 Å². The predicted octanol–water partition coefficient (Wildman–Crippen LogP) is 1.47. The third-order valence-corrected chi connectivity index (χ3v) is 7.54. The lowest BCUT2D eigenvalue weighted by atomic mass is 10.2. The minimum absolute atomic E-state index is 0.108. The van der Waals surface area contributed by atoms with Crippen molar-refractivity contribution < 1.29 is 22.7 Å². The Bertz CT molecular complexity index is 1280. The van der Waals surface area contributed by atoms with Crippen molar-refractivity contribution in [1.29, 1.82) is 0 Å². The summed E-state index contributed by atoms with van der Waals surface area (Å²) in [7, 11) is -3.63. The van der Waals surface area contributed by atoms with Crippen molar-refractivity contribution in [1.82, 2.24) is 24.7 Å². The Balaban J connectivity index is 1.44. The Kier molecular flexibility index (Phi) is 7.25. The highest BCUT2D eigenvalue weighted by atomic mass is 32.2. The molecule has 1 aromatic heterocycles. The van der Waals surface area contributed by atoms with Crippen molar-refractivity contribution in [2.24, 2.45) is 0 Å². The van der Waals surface area contributed by atoms with Gasteiger partial charge in [0, 0.05) is 38.0 Å². The molecule has 1 saturated heterocycles. The second kappa shape index (κ2) is 10.3. The summed E-state index contributed by atoms with van der Waals surface area (Å²) in [5, 5.41) is 0. The van der Waals surface area contributed by atoms with Gasteiger partial charge in [0.15, 0.2) is 0 Å². The van der Waals surface area contributed by atoms with Crippen LogP contribution in [0.4, 0.5) is 0 Å². The zero-order valence-electron chi connectivity index (χ0n) is 18.9. The number of ether oxygens (including phenoxy) is 1. The fraction of sp³-hybridized carbons (Fsp3) is 0.348. The van der Waals surface area contributed by atoms with Gasteiger partial charge < -0.3 is 9.30 Å². The molecule has 2 N–H and O–H groups in total. The van der Waals surface area contributed by atoms with Crippen molar-refractivity contribution in [3.05, 3.63) is 59.9 Å². The number of amides is 2. The lowest BCUT2D eigenvalue weighted by Gasteiger charge is -2.26. The van der Waals surface area contributed by atoms with E-state index in [2.05, 4.69) is 15.8 Å². The van der Waals surface area contributed by atoms with Gasteiger partial charge in [-0.15, -0.1) is 0 Å². The first-order valence-corrected chi connectivity index (χ1v) is 12.6. The van der Waals surface area contributed by atoms with Crippen LogP contribution in [0.2, 0.25) is 0 Å². The zero-order chi connectivity index (χ0) is 24.1. The number of morpholine rings is 1. The molecule has 1 aliphatic rings. The van der Waals surface area contributed by atoms with E-state index in [0.29, 0.717) is 56.2 Å². The van der Waals surface area contributed by atoms with E-state index in [0.717, 1.165) is 5.52 Å². The first-order chi connectivity index (χ1) is 16.4. The molecule has 0 atom stereocenters. The number of sulfonamides is 1. The number of aromatic nitrogens is 2. The molecule has 180 valence electrons. The molecule has 0 radical (unpaired) electrons. The number of nitrogens with zero attached hydrogens (tertiary/aromatic N) is 3. The average Bonchev–Trinajstić information content (AvgIpc) is 3.23. The quantitative estimate of drug-likeness (QED) is 0.489. The summed E-state index contributed by atoms with van der Waals surface area (Å²) < 4.78 is 34.6. The number of rotatable bonds is 7. The van der Waals surface area contributed by atoms with Gasteiger partial charge >= 0.3 is 0 Å². The van der Waals surface area contributed by atoms with Gasteiger partial charge in [-0.25, -0.2) is 13.4 Å². The van der Waals surface area contributed by atoms with Crippen LogP contribution in [0.5, 0.6) is 0 Å². The van der Waals surface area contributed by atoms with Crippen LogP contribution in [-0.4, -0.2) is 60.4 Å². The minimum Gasteiger partial charge on any atom is -0.379 e. The van der Waals surface area contributed by atoms with Crippen LogP contribution in [0.15, 0.2) is 53.4 Å². The molecule has 2 aromatic carbocycles. The minimum atomic E-state index is -3.63. The Morgan fingerprint density at radius 3 is 2.50 bits per heavy atom. The topological polar surface area (TPSA) is 123 Å². The van der Waals surface area contributed by atoms with Crippen LogP contribution in [0.3, 0.4) is 0 Å². The molecule has 0 unspecified atom stereocenters. The molecule has 34 heavy (non-hydrogen) atoms. The Morgan fingerprint density at radius 2 is 1.79 bits per heavy atom. The summed E-state index contributed by atoms with van der Waals surface area (Å²) in [6, 6.07) is 13.5. The van der Waals surface area contributed by atoms with E-state index in [1.54, 1.807) is 48.5 Å². The summed E-state index contributed by atoms with van der Waals surface area (Å²) in [6.45, 7) is 3.99. The number of hydrogen-bond acceptors (Lipinski definition) is 6. The zero-order valence-corrected chi connectivity index (χ0v) is 19.7. The van der Waals surface area contributed by atoms with Crippen LogP contribution < -0.4 is 10.9 Å². The molecule has 1 fully saturated rings. The number of carbonyl (C=O) groups excluding carboxylic acids is 2. The van der Waals surface area contributed by atoms with Crippen LogP contribution in [0.25, 0.3) is 11.0 Å². The first-order valence-electron chi connectivity index (χ1n) is 11.1. The standard InChI is InChI=1S/C23H27N5O5S/c1-2-28-20-9-8-18(34(31,32)27-12-14-33-15-13-27)16-19(20)24-21(28)10-11-22(29)25-26-23(30)17-6-4-3-5-7-17/h3-9,16H,2,10-15H2,1H3,(H,25,29)(H,26,30). The Hall–Kier alpha value is -3.28. The number of fused-ring (bicyclic) bond motifs is 1. The van der Waals surface area contributed by atoms with Gasteiger partial charge in [-0.2, -0.15) is 4.31 Å². The fourth-order valence-corrected chi connectivity index (χ4v) is 5.30. The van der Waals surface area contributed by atoms with Crippen LogP contribution in [0.1, 0.15) is 29.5 Å². The molecule has 1 aliphatic heterocycles. The van der Waals surface area contributed by atoms with E-state index in [-0.39, 0.29) is 17.2 Å². The van der Waals surface area contributed by atoms with Gasteiger partial charge in [0.25, 0.3) is 5.91 Å². The maximum atomic E-state index is 13.0. The van der Waals surface area contributed by atoms with Gasteiger partial charge in [0.05, 0.1) is 29.1 Å². The molecular weight excluding hydrogens is 458 g/mol. The number of hydrogen-bond donors (Lipinski definition) is 2. The lowest BCUT2D eigenvalue weighted by molar-refractivity contribution is -0.121. The smallest absolute Gasteiger partial charge is 0.269 e. The number of hydrazine groups is 1. The molecule has 2 heterocycles. The highest BCUT2D eigenvalue weighted by molar-refractivity contribution is 7.89. The van der Waals surface area contributed by atoms with Crippen LogP contribution in [0, 0.1) is 0 Å². The highest BCUT2D eigenvalue weighted by Crippen LogP contribution is 2.24. The summed E-state index contributed by atoms with van der Waals surface area (Å²) in [5.74, 6) is -0.0821. The molecule has 10 nitrogen and oxygen atoms in total. The second-order valence-corrected chi connectivity index (χ2v) is 9.75. The lowest BCUT2D eigenvalue weighted by Crippen LogP contribution is -2.41. The first kappa shape index (κ1) is 23.9. The summed E-state index contributed by atoms with van der Waals surface area (Å²) in [5.41, 5.74) is 6.62. The van der Waals surface area contributed by atoms with Crippen molar-refractivity contribution in [2.75, 3.05) is 26.3 Å². The Morgan fingerprint density at radius 1 is 1.06 bits per heavy atom. The van der Waals surface area contributed by atoms with E-state index in [1.807, 2.05) is 11.5 Å². The van der Waals surface area contributed by atoms with Crippen molar-refractivity contribution in [2.45, 2.75) is 31.2 Å². The van der Waals surface area contributed by atoms with Crippen molar-refractivity contribution >= 4 is 32.9 Å². The molecule has 0 saturated carbocycles. The number of imidazole rings is 1. The van der Waals surface area contributed by atoms with Crippen molar-refractivity contribution in [3.8, 4) is 0 Å². The Labute approximate surface area is 197 Å². The number of carbonyl (C=O) groups is 2. The summed E-state index contributed by atoms with van der Waals surface area (Å²) in [6.07, 6.45) is 0.443. The molecule has 11 heteroatoms. The molecule has 3 aromatic rings. The van der Waals surface area contributed by atoms with E-state index in [1.165, 1.54) is 4.31 Å². The van der Waals surface area contributed by atoms with Crippen LogP contribution >= 0.6 is 0 Å². The van der Waals surface area contributed by atoms with E-state index >= 15 is 0 Å². The molecule has 0 aliphatic carbocycles. The molecule has 0 bridgehead atoms. The SMILES string of the molecule is CCn1c(CCC(=O)NNC(=O)c2ccccc2)nc2cc(S(=O)(=O)N3CCOCC3)ccc21. The number of benzene rings is 2. The number of nitrogens with one attached hydrogen (secondary N) is 2. The van der Waals surface area contributed by atoms with Gasteiger partial charge in [0.2, 0.25) is 15.9 Å². The largest absolute Gasteiger partial charge is 0.379 e. The van der Waals surface area contributed by atoms with E-state index in [4.69, 9.17) is 4.74 Å². The second-order valence-electron chi connectivity index (χ2n) is 7.81. The average molecular weight is 486 g/mol. The summed E-state index contributed by atoms with van der Waals surface area (Å²) >= 11 is 0. The maximum Gasteiger partial charge on any atom is 0.269 e.